The highest BCUT2D eigenvalue weighted by Gasteiger charge is 2.20. The molecule has 1 aromatic heterocycles. The minimum atomic E-state index is -3.58. The lowest BCUT2D eigenvalue weighted by molar-refractivity contribution is 0.0952. The van der Waals surface area contributed by atoms with Crippen LogP contribution in [0.4, 0.5) is 0 Å². The summed E-state index contributed by atoms with van der Waals surface area (Å²) in [5, 5.41) is 2.78. The van der Waals surface area contributed by atoms with Gasteiger partial charge in [0, 0.05) is 43.8 Å². The van der Waals surface area contributed by atoms with E-state index in [2.05, 4.69) is 5.32 Å². The molecule has 0 atom stereocenters. The molecule has 0 saturated carbocycles. The number of aryl methyl sites for hydroxylation is 1. The van der Waals surface area contributed by atoms with Gasteiger partial charge in [0.2, 0.25) is 10.0 Å². The van der Waals surface area contributed by atoms with E-state index < -0.39 is 10.0 Å². The molecule has 0 saturated heterocycles. The van der Waals surface area contributed by atoms with Crippen molar-refractivity contribution in [2.75, 3.05) is 20.1 Å². The Hall–Kier alpha value is -2.90. The molecule has 0 unspecified atom stereocenters. The molecule has 0 spiro atoms. The molecule has 0 aliphatic carbocycles. The highest BCUT2D eigenvalue weighted by atomic mass is 32.2. The maximum atomic E-state index is 12.6. The zero-order valence-electron chi connectivity index (χ0n) is 15.9. The minimum Gasteiger partial charge on any atom is -0.351 e. The van der Waals surface area contributed by atoms with E-state index in [-0.39, 0.29) is 23.9 Å². The summed E-state index contributed by atoms with van der Waals surface area (Å²) >= 11 is 0. The first-order valence-electron chi connectivity index (χ1n) is 8.92. The lowest BCUT2D eigenvalue weighted by Gasteiger charge is -2.17. The highest BCUT2D eigenvalue weighted by molar-refractivity contribution is 7.89. The number of likely N-dealkylation sites (N-methyl/N-ethyl adjacent to an activating group) is 1. The van der Waals surface area contributed by atoms with Crippen molar-refractivity contribution in [3.63, 3.8) is 0 Å². The van der Waals surface area contributed by atoms with Crippen LogP contribution in [-0.2, 0) is 10.0 Å². The normalized spacial score (nSPS) is 11.5. The van der Waals surface area contributed by atoms with Crippen molar-refractivity contribution in [2.45, 2.75) is 11.8 Å². The van der Waals surface area contributed by atoms with Crippen LogP contribution in [0.25, 0.3) is 5.69 Å². The van der Waals surface area contributed by atoms with Gasteiger partial charge in [0.05, 0.1) is 4.90 Å². The number of nitrogens with zero attached hydrogens (tertiary/aromatic N) is 2. The third-order valence-corrected chi connectivity index (χ3v) is 6.32. The van der Waals surface area contributed by atoms with Crippen molar-refractivity contribution in [3.8, 4) is 5.69 Å². The summed E-state index contributed by atoms with van der Waals surface area (Å²) in [6.45, 7) is 2.30. The molecule has 0 fully saturated rings. The average molecular weight is 398 g/mol. The Morgan fingerprint density at radius 2 is 1.71 bits per heavy atom. The van der Waals surface area contributed by atoms with Gasteiger partial charge in [0.25, 0.3) is 5.91 Å². The predicted octanol–water partition coefficient (Wildman–Crippen LogP) is 2.84. The fourth-order valence-corrected chi connectivity index (χ4v) is 3.93. The SMILES string of the molecule is Cc1ccc(S(=O)(=O)N(C)CCNC(=O)c2cccc(-n3cccc3)c2)cc1. The number of hydrogen-bond acceptors (Lipinski definition) is 3. The summed E-state index contributed by atoms with van der Waals surface area (Å²) in [5.74, 6) is -0.241. The van der Waals surface area contributed by atoms with Crippen LogP contribution in [0.1, 0.15) is 15.9 Å². The number of sulfonamides is 1. The molecule has 6 nitrogen and oxygen atoms in total. The van der Waals surface area contributed by atoms with Crippen LogP contribution >= 0.6 is 0 Å². The molecule has 146 valence electrons. The third-order valence-electron chi connectivity index (χ3n) is 4.45. The third kappa shape index (κ3) is 4.49. The van der Waals surface area contributed by atoms with E-state index in [9.17, 15) is 13.2 Å². The Morgan fingerprint density at radius 3 is 2.39 bits per heavy atom. The van der Waals surface area contributed by atoms with Gasteiger partial charge < -0.3 is 9.88 Å². The maximum absolute atomic E-state index is 12.6. The van der Waals surface area contributed by atoms with Crippen LogP contribution in [0.15, 0.2) is 78.0 Å². The van der Waals surface area contributed by atoms with E-state index >= 15 is 0 Å². The van der Waals surface area contributed by atoms with Gasteiger partial charge in [-0.05, 0) is 49.4 Å². The van der Waals surface area contributed by atoms with Gasteiger partial charge in [-0.15, -0.1) is 0 Å². The van der Waals surface area contributed by atoms with Crippen LogP contribution < -0.4 is 5.32 Å². The second-order valence-electron chi connectivity index (χ2n) is 6.54. The molecule has 0 aliphatic heterocycles. The molecular weight excluding hydrogens is 374 g/mol. The van der Waals surface area contributed by atoms with Crippen LogP contribution in [0.3, 0.4) is 0 Å². The van der Waals surface area contributed by atoms with Gasteiger partial charge in [-0.25, -0.2) is 8.42 Å². The van der Waals surface area contributed by atoms with E-state index in [1.54, 1.807) is 36.4 Å². The number of carbonyl (C=O) groups excluding carboxylic acids is 1. The number of rotatable bonds is 7. The lowest BCUT2D eigenvalue weighted by Crippen LogP contribution is -2.36. The van der Waals surface area contributed by atoms with E-state index in [1.165, 1.54) is 11.4 Å². The average Bonchev–Trinajstić information content (AvgIpc) is 3.23. The molecule has 2 aromatic carbocycles. The lowest BCUT2D eigenvalue weighted by atomic mass is 10.2. The molecule has 0 bridgehead atoms. The van der Waals surface area contributed by atoms with Crippen LogP contribution in [0, 0.1) is 6.92 Å². The van der Waals surface area contributed by atoms with Gasteiger partial charge in [0.15, 0.2) is 0 Å². The summed E-state index contributed by atoms with van der Waals surface area (Å²) in [6, 6.07) is 17.8. The Bertz CT molecular complexity index is 1040. The summed E-state index contributed by atoms with van der Waals surface area (Å²) in [6.07, 6.45) is 3.81. The van der Waals surface area contributed by atoms with Gasteiger partial charge in [0.1, 0.15) is 0 Å². The summed E-state index contributed by atoms with van der Waals surface area (Å²) in [5.41, 5.74) is 2.41. The zero-order valence-corrected chi connectivity index (χ0v) is 16.7. The standard InChI is InChI=1S/C21H23N3O3S/c1-17-8-10-20(11-9-17)28(26,27)23(2)15-12-22-21(25)18-6-5-7-19(16-18)24-13-3-4-14-24/h3-11,13-14,16H,12,15H2,1-2H3,(H,22,25). The van der Waals surface area contributed by atoms with Gasteiger partial charge in [-0.1, -0.05) is 23.8 Å². The van der Waals surface area contributed by atoms with Crippen molar-refractivity contribution in [1.29, 1.82) is 0 Å². The van der Waals surface area contributed by atoms with Gasteiger partial charge >= 0.3 is 0 Å². The first-order chi connectivity index (χ1) is 13.4. The van der Waals surface area contributed by atoms with Gasteiger partial charge in [-0.3, -0.25) is 4.79 Å². The summed E-state index contributed by atoms with van der Waals surface area (Å²) in [7, 11) is -2.07. The largest absolute Gasteiger partial charge is 0.351 e. The van der Waals surface area contributed by atoms with Crippen molar-refractivity contribution in [1.82, 2.24) is 14.2 Å². The second-order valence-corrected chi connectivity index (χ2v) is 8.58. The Balaban J connectivity index is 1.59. The minimum absolute atomic E-state index is 0.180. The fourth-order valence-electron chi connectivity index (χ4n) is 2.75. The second kappa shape index (κ2) is 8.41. The Morgan fingerprint density at radius 1 is 1.04 bits per heavy atom. The first-order valence-corrected chi connectivity index (χ1v) is 10.4. The quantitative estimate of drug-likeness (QED) is 0.666. The number of hydrogen-bond donors (Lipinski definition) is 1. The number of amides is 1. The molecular formula is C21H23N3O3S. The smallest absolute Gasteiger partial charge is 0.251 e. The van der Waals surface area contributed by atoms with Crippen LogP contribution in [0.2, 0.25) is 0 Å². The molecule has 1 heterocycles. The predicted molar refractivity (Wildman–Crippen MR) is 109 cm³/mol. The summed E-state index contributed by atoms with van der Waals surface area (Å²) in [4.78, 5) is 12.7. The zero-order chi connectivity index (χ0) is 20.1. The van der Waals surface area contributed by atoms with E-state index in [1.807, 2.05) is 48.1 Å². The van der Waals surface area contributed by atoms with Crippen molar-refractivity contribution in [2.24, 2.45) is 0 Å². The maximum Gasteiger partial charge on any atom is 0.251 e. The topological polar surface area (TPSA) is 71.4 Å². The summed E-state index contributed by atoms with van der Waals surface area (Å²) < 4.78 is 28.3. The molecule has 28 heavy (non-hydrogen) atoms. The van der Waals surface area contributed by atoms with Crippen molar-refractivity contribution >= 4 is 15.9 Å². The Labute approximate surface area is 165 Å². The van der Waals surface area contributed by atoms with Crippen molar-refractivity contribution in [3.05, 3.63) is 84.2 Å². The van der Waals surface area contributed by atoms with Crippen molar-refractivity contribution < 1.29 is 13.2 Å². The molecule has 0 aliphatic rings. The number of nitrogens with one attached hydrogen (secondary N) is 1. The molecule has 7 heteroatoms. The molecule has 1 N–H and O–H groups in total. The van der Waals surface area contributed by atoms with Crippen LogP contribution in [-0.4, -0.2) is 43.3 Å². The molecule has 3 rings (SSSR count). The van der Waals surface area contributed by atoms with Crippen LogP contribution in [0.5, 0.6) is 0 Å². The molecule has 3 aromatic rings. The fraction of sp³-hybridized carbons (Fsp3) is 0.190. The first kappa shape index (κ1) is 19.9. The Kier molecular flexibility index (Phi) is 5.96. The number of benzene rings is 2. The van der Waals surface area contributed by atoms with E-state index in [4.69, 9.17) is 0 Å². The number of carbonyl (C=O) groups is 1. The highest BCUT2D eigenvalue weighted by Crippen LogP contribution is 2.15. The van der Waals surface area contributed by atoms with E-state index in [0.29, 0.717) is 5.56 Å². The molecule has 1 amide bonds. The monoisotopic (exact) mass is 397 g/mol. The number of aromatic nitrogens is 1. The van der Waals surface area contributed by atoms with Gasteiger partial charge in [-0.2, -0.15) is 4.31 Å². The molecule has 0 radical (unpaired) electrons. The van der Waals surface area contributed by atoms with E-state index in [0.717, 1.165) is 11.3 Å².